The summed E-state index contributed by atoms with van der Waals surface area (Å²) in [5.74, 6) is 0.921. The van der Waals surface area contributed by atoms with Gasteiger partial charge in [0.1, 0.15) is 0 Å². The zero-order chi connectivity index (χ0) is 5.98. The van der Waals surface area contributed by atoms with E-state index >= 15 is 0 Å². The summed E-state index contributed by atoms with van der Waals surface area (Å²) in [6, 6.07) is 0. The van der Waals surface area contributed by atoms with Gasteiger partial charge in [-0.3, -0.25) is 0 Å². The molecule has 0 saturated carbocycles. The third kappa shape index (κ3) is 0.907. The molecule has 0 saturated heterocycles. The van der Waals surface area contributed by atoms with Gasteiger partial charge in [0.15, 0.2) is 0 Å². The fourth-order valence-electron chi connectivity index (χ4n) is 0.548. The van der Waals surface area contributed by atoms with Crippen LogP contribution in [0.4, 0.5) is 0 Å². The second kappa shape index (κ2) is 2.29. The van der Waals surface area contributed by atoms with Crippen LogP contribution in [0.25, 0.3) is 0 Å². The Bertz CT molecular complexity index is 172. The monoisotopic (exact) mass is 104 g/mol. The molecule has 38 valence electrons. The molecule has 0 aliphatic heterocycles. The zero-order valence-electron chi connectivity index (χ0n) is 5.00. The van der Waals surface area contributed by atoms with Gasteiger partial charge in [0.05, 0.1) is 0 Å². The SMILES string of the molecule is [Li][CH2]c1nnnn1C. The van der Waals surface area contributed by atoms with Gasteiger partial charge in [-0.05, 0) is 0 Å². The molecule has 0 atom stereocenters. The first kappa shape index (κ1) is 5.80. The first-order valence-electron chi connectivity index (χ1n) is 2.56. The Hall–Kier alpha value is -0.333. The molecule has 8 heavy (non-hydrogen) atoms. The van der Waals surface area contributed by atoms with Crippen molar-refractivity contribution in [3.8, 4) is 0 Å². The third-order valence-electron chi connectivity index (χ3n) is 1.02. The van der Waals surface area contributed by atoms with Crippen LogP contribution in [-0.4, -0.2) is 37.9 Å². The van der Waals surface area contributed by atoms with Gasteiger partial charge in [0.25, 0.3) is 0 Å². The van der Waals surface area contributed by atoms with Gasteiger partial charge >= 0.3 is 55.9 Å². The second-order valence-corrected chi connectivity index (χ2v) is 1.57. The standard InChI is InChI=1S/C3H5N4.Li/c1-3-4-5-6-7(3)2;/h1H2,2H3;. The summed E-state index contributed by atoms with van der Waals surface area (Å²) < 4.78 is 1.67. The minimum atomic E-state index is 0.892. The fourth-order valence-corrected chi connectivity index (χ4v) is 0.548. The van der Waals surface area contributed by atoms with E-state index < -0.39 is 0 Å². The number of tetrazole rings is 1. The Labute approximate surface area is 56.5 Å². The number of aryl methyl sites for hydroxylation is 1. The Balaban J connectivity index is 2.92. The van der Waals surface area contributed by atoms with E-state index in [1.807, 2.05) is 24.8 Å². The van der Waals surface area contributed by atoms with Crippen molar-refractivity contribution < 1.29 is 0 Å². The second-order valence-electron chi connectivity index (χ2n) is 1.57. The van der Waals surface area contributed by atoms with E-state index in [9.17, 15) is 0 Å². The van der Waals surface area contributed by atoms with Crippen LogP contribution in [0.5, 0.6) is 0 Å². The molecule has 0 fully saturated rings. The molecule has 0 aromatic carbocycles. The molecule has 0 N–H and O–H groups in total. The van der Waals surface area contributed by atoms with E-state index in [0.29, 0.717) is 0 Å². The normalized spacial score (nSPS) is 9.88. The van der Waals surface area contributed by atoms with Crippen LogP contribution in [0.2, 0.25) is 0 Å². The molecule has 0 unspecified atom stereocenters. The minimum absolute atomic E-state index is 0.892. The number of nitrogens with zero attached hydrogens (tertiary/aromatic N) is 4. The quantitative estimate of drug-likeness (QED) is 0.424. The summed E-state index contributed by atoms with van der Waals surface area (Å²) in [4.78, 5) is 0. The maximum atomic E-state index is 3.74. The molecule has 1 rings (SSSR count). The summed E-state index contributed by atoms with van der Waals surface area (Å²) in [6.45, 7) is 0. The predicted molar refractivity (Wildman–Crippen MR) is 28.3 cm³/mol. The third-order valence-corrected chi connectivity index (χ3v) is 1.02. The van der Waals surface area contributed by atoms with Crippen LogP contribution in [0.1, 0.15) is 5.82 Å². The van der Waals surface area contributed by atoms with Crippen LogP contribution in [0, 0.1) is 0 Å². The molecule has 0 spiro atoms. The van der Waals surface area contributed by atoms with Crippen LogP contribution in [0.15, 0.2) is 0 Å². The Morgan fingerprint density at radius 3 is 2.75 bits per heavy atom. The molecule has 1 aromatic rings. The van der Waals surface area contributed by atoms with E-state index in [4.69, 9.17) is 0 Å². The summed E-state index contributed by atoms with van der Waals surface area (Å²) >= 11 is 2.02. The molecule has 4 nitrogen and oxygen atoms in total. The molecular weight excluding hydrogens is 99.0 g/mol. The number of hydrogen-bond donors (Lipinski definition) is 0. The van der Waals surface area contributed by atoms with E-state index in [-0.39, 0.29) is 0 Å². The summed E-state index contributed by atoms with van der Waals surface area (Å²) in [6.07, 6.45) is 0. The molecule has 0 aliphatic rings. The van der Waals surface area contributed by atoms with Crippen molar-refractivity contribution in [2.75, 3.05) is 0 Å². The summed E-state index contributed by atoms with van der Waals surface area (Å²) in [5.41, 5.74) is 0. The van der Waals surface area contributed by atoms with Gasteiger partial charge in [-0.15, -0.1) is 0 Å². The van der Waals surface area contributed by atoms with Crippen molar-refractivity contribution in [1.82, 2.24) is 20.2 Å². The molecular formula is C3H5LiN4. The van der Waals surface area contributed by atoms with Crippen LogP contribution >= 0.6 is 0 Å². The zero-order valence-corrected chi connectivity index (χ0v) is 5.00. The number of aromatic nitrogens is 4. The Kier molecular flexibility index (Phi) is 1.66. The first-order chi connectivity index (χ1) is 3.84. The fraction of sp³-hybridized carbons (Fsp3) is 0.667. The van der Waals surface area contributed by atoms with Crippen LogP contribution in [-0.2, 0) is 12.1 Å². The molecule has 5 heteroatoms. The van der Waals surface area contributed by atoms with Crippen molar-refractivity contribution in [3.05, 3.63) is 5.82 Å². The first-order valence-corrected chi connectivity index (χ1v) is 2.56. The number of hydrogen-bond acceptors (Lipinski definition) is 3. The van der Waals surface area contributed by atoms with Gasteiger partial charge < -0.3 is 0 Å². The topological polar surface area (TPSA) is 43.6 Å². The van der Waals surface area contributed by atoms with Crippen LogP contribution in [0.3, 0.4) is 0 Å². The van der Waals surface area contributed by atoms with Crippen LogP contribution < -0.4 is 0 Å². The van der Waals surface area contributed by atoms with Crippen molar-refractivity contribution in [3.63, 3.8) is 0 Å². The van der Waals surface area contributed by atoms with E-state index in [0.717, 1.165) is 10.9 Å². The van der Waals surface area contributed by atoms with E-state index in [1.54, 1.807) is 4.68 Å². The van der Waals surface area contributed by atoms with Crippen molar-refractivity contribution in [2.45, 2.75) is 5.09 Å². The van der Waals surface area contributed by atoms with Gasteiger partial charge in [-0.2, -0.15) is 0 Å². The molecule has 0 radical (unpaired) electrons. The summed E-state index contributed by atoms with van der Waals surface area (Å²) in [5, 5.41) is 11.7. The molecule has 0 bridgehead atoms. The van der Waals surface area contributed by atoms with E-state index in [1.165, 1.54) is 0 Å². The Morgan fingerprint density at radius 1 is 1.75 bits per heavy atom. The van der Waals surface area contributed by atoms with Gasteiger partial charge in [0, 0.05) is 0 Å². The van der Waals surface area contributed by atoms with Crippen molar-refractivity contribution in [1.29, 1.82) is 0 Å². The predicted octanol–water partition coefficient (Wildman–Crippen LogP) is -1.12. The average Bonchev–Trinajstić information content (AvgIpc) is 2.14. The van der Waals surface area contributed by atoms with Gasteiger partial charge in [-0.25, -0.2) is 0 Å². The Morgan fingerprint density at radius 2 is 2.50 bits per heavy atom. The molecule has 1 aromatic heterocycles. The van der Waals surface area contributed by atoms with Gasteiger partial charge in [0.2, 0.25) is 0 Å². The molecule has 1 heterocycles. The summed E-state index contributed by atoms with van der Waals surface area (Å²) in [7, 11) is 1.83. The van der Waals surface area contributed by atoms with Crippen molar-refractivity contribution >= 4 is 17.7 Å². The number of rotatable bonds is 1. The van der Waals surface area contributed by atoms with Crippen molar-refractivity contribution in [2.24, 2.45) is 7.05 Å². The average molecular weight is 104 g/mol. The molecule has 0 aliphatic carbocycles. The maximum absolute atomic E-state index is 3.74. The van der Waals surface area contributed by atoms with Gasteiger partial charge in [-0.1, -0.05) is 0 Å². The molecule has 0 amide bonds. The van der Waals surface area contributed by atoms with E-state index in [2.05, 4.69) is 15.5 Å².